The number of methoxy groups -OCH3 is 1. The molecule has 5 heteroatoms. The van der Waals surface area contributed by atoms with Gasteiger partial charge in [0.25, 0.3) is 5.91 Å². The molecule has 1 aliphatic rings. The molecule has 3 N–H and O–H groups in total. The van der Waals surface area contributed by atoms with E-state index < -0.39 is 6.10 Å². The number of nitrogens with one attached hydrogen (secondary N) is 1. The maximum Gasteiger partial charge on any atom is 0.253 e. The number of amides is 1. The van der Waals surface area contributed by atoms with Gasteiger partial charge in [-0.1, -0.05) is 0 Å². The Kier molecular flexibility index (Phi) is 4.27. The molecule has 5 nitrogen and oxygen atoms in total. The molecule has 0 aliphatic heterocycles. The average Bonchev–Trinajstić information content (AvgIpc) is 2.35. The summed E-state index contributed by atoms with van der Waals surface area (Å²) >= 11 is 0. The molecule has 1 aromatic carbocycles. The Labute approximate surface area is 113 Å². The Morgan fingerprint density at radius 2 is 2.21 bits per heavy atom. The number of carbonyl (C=O) groups is 1. The normalized spacial score (nSPS) is 16.5. The van der Waals surface area contributed by atoms with Crippen molar-refractivity contribution in [1.29, 1.82) is 0 Å². The number of anilines is 2. The van der Waals surface area contributed by atoms with Crippen LogP contribution in [-0.4, -0.2) is 25.2 Å². The number of carbonyl (C=O) groups excluding carboxylic acids is 1. The van der Waals surface area contributed by atoms with Crippen molar-refractivity contribution in [3.8, 4) is 5.75 Å². The van der Waals surface area contributed by atoms with E-state index in [1.54, 1.807) is 32.2 Å². The van der Waals surface area contributed by atoms with Gasteiger partial charge in [0, 0.05) is 6.07 Å². The van der Waals surface area contributed by atoms with Crippen LogP contribution in [0.4, 0.5) is 11.4 Å². The van der Waals surface area contributed by atoms with Crippen LogP contribution in [0.5, 0.6) is 5.75 Å². The summed E-state index contributed by atoms with van der Waals surface area (Å²) in [5.41, 5.74) is 6.90. The van der Waals surface area contributed by atoms with Crippen molar-refractivity contribution >= 4 is 17.3 Å². The topological polar surface area (TPSA) is 73.6 Å². The minimum absolute atomic E-state index is 0.177. The fraction of sp³-hybridized carbons (Fsp3) is 0.500. The third-order valence-electron chi connectivity index (χ3n) is 3.33. The van der Waals surface area contributed by atoms with Crippen LogP contribution in [0.2, 0.25) is 0 Å². The number of nitrogens with two attached hydrogens (primary N) is 1. The van der Waals surface area contributed by atoms with E-state index in [0.29, 0.717) is 17.1 Å². The van der Waals surface area contributed by atoms with Gasteiger partial charge in [-0.25, -0.2) is 0 Å². The predicted molar refractivity (Wildman–Crippen MR) is 74.2 cm³/mol. The zero-order chi connectivity index (χ0) is 13.8. The minimum Gasteiger partial charge on any atom is -0.497 e. The largest absolute Gasteiger partial charge is 0.497 e. The van der Waals surface area contributed by atoms with E-state index in [4.69, 9.17) is 15.2 Å². The fourth-order valence-corrected chi connectivity index (χ4v) is 1.87. The van der Waals surface area contributed by atoms with Crippen molar-refractivity contribution in [3.05, 3.63) is 18.2 Å². The Morgan fingerprint density at radius 1 is 1.47 bits per heavy atom. The Hall–Kier alpha value is -1.75. The van der Waals surface area contributed by atoms with Crippen LogP contribution in [0.25, 0.3) is 0 Å². The summed E-state index contributed by atoms with van der Waals surface area (Å²) in [6, 6.07) is 5.15. The summed E-state index contributed by atoms with van der Waals surface area (Å²) in [5.74, 6) is 0.484. The summed E-state index contributed by atoms with van der Waals surface area (Å²) in [7, 11) is 1.57. The molecule has 0 radical (unpaired) electrons. The predicted octanol–water partition coefficient (Wildman–Crippen LogP) is 2.17. The lowest BCUT2D eigenvalue weighted by Crippen LogP contribution is -2.34. The van der Waals surface area contributed by atoms with Gasteiger partial charge in [-0.2, -0.15) is 0 Å². The van der Waals surface area contributed by atoms with Crippen molar-refractivity contribution in [3.63, 3.8) is 0 Å². The second-order valence-electron chi connectivity index (χ2n) is 4.77. The monoisotopic (exact) mass is 264 g/mol. The first kappa shape index (κ1) is 13.7. The van der Waals surface area contributed by atoms with E-state index in [0.717, 1.165) is 12.8 Å². The van der Waals surface area contributed by atoms with Crippen LogP contribution in [-0.2, 0) is 9.53 Å². The van der Waals surface area contributed by atoms with Crippen LogP contribution in [0.1, 0.15) is 26.2 Å². The summed E-state index contributed by atoms with van der Waals surface area (Å²) < 4.78 is 10.7. The van der Waals surface area contributed by atoms with Crippen LogP contribution in [0.15, 0.2) is 18.2 Å². The first-order valence-corrected chi connectivity index (χ1v) is 6.50. The maximum absolute atomic E-state index is 12.0. The minimum atomic E-state index is -0.466. The molecule has 0 spiro atoms. The lowest BCUT2D eigenvalue weighted by Gasteiger charge is -2.28. The second kappa shape index (κ2) is 5.93. The van der Waals surface area contributed by atoms with Crippen LogP contribution in [0.3, 0.4) is 0 Å². The third kappa shape index (κ3) is 3.38. The molecule has 1 saturated carbocycles. The number of rotatable bonds is 5. The van der Waals surface area contributed by atoms with Crippen LogP contribution in [0, 0.1) is 0 Å². The highest BCUT2D eigenvalue weighted by molar-refractivity contribution is 5.96. The van der Waals surface area contributed by atoms with Gasteiger partial charge in [0.15, 0.2) is 0 Å². The van der Waals surface area contributed by atoms with Crippen molar-refractivity contribution in [1.82, 2.24) is 0 Å². The zero-order valence-electron chi connectivity index (χ0n) is 11.3. The SMILES string of the molecule is COc1ccc(NC(=O)C(C)OC2CCC2)c(N)c1. The van der Waals surface area contributed by atoms with Crippen molar-refractivity contribution in [2.45, 2.75) is 38.4 Å². The number of nitrogen functional groups attached to an aromatic ring is 1. The first-order chi connectivity index (χ1) is 9.10. The third-order valence-corrected chi connectivity index (χ3v) is 3.33. The number of benzene rings is 1. The fourth-order valence-electron chi connectivity index (χ4n) is 1.87. The van der Waals surface area contributed by atoms with E-state index in [1.165, 1.54) is 6.42 Å². The van der Waals surface area contributed by atoms with Crippen LogP contribution >= 0.6 is 0 Å². The van der Waals surface area contributed by atoms with Gasteiger partial charge in [-0.3, -0.25) is 4.79 Å². The zero-order valence-corrected chi connectivity index (χ0v) is 11.3. The van der Waals surface area contributed by atoms with Crippen molar-refractivity contribution < 1.29 is 14.3 Å². The molecule has 1 fully saturated rings. The highest BCUT2D eigenvalue weighted by Crippen LogP contribution is 2.26. The second-order valence-corrected chi connectivity index (χ2v) is 4.77. The van der Waals surface area contributed by atoms with Gasteiger partial charge in [0.1, 0.15) is 11.9 Å². The molecule has 1 atom stereocenters. The maximum atomic E-state index is 12.0. The number of hydrogen-bond acceptors (Lipinski definition) is 4. The van der Waals surface area contributed by atoms with E-state index in [2.05, 4.69) is 5.32 Å². The molecule has 1 aromatic rings. The molecule has 0 saturated heterocycles. The van der Waals surface area contributed by atoms with Gasteiger partial charge in [0.2, 0.25) is 0 Å². The highest BCUT2D eigenvalue weighted by atomic mass is 16.5. The molecule has 104 valence electrons. The van der Waals surface area contributed by atoms with Crippen molar-refractivity contribution in [2.75, 3.05) is 18.2 Å². The molecule has 0 aromatic heterocycles. The van der Waals surface area contributed by atoms with Gasteiger partial charge < -0.3 is 20.5 Å². The first-order valence-electron chi connectivity index (χ1n) is 6.50. The van der Waals surface area contributed by atoms with Gasteiger partial charge in [-0.05, 0) is 38.3 Å². The van der Waals surface area contributed by atoms with Crippen LogP contribution < -0.4 is 15.8 Å². The Balaban J connectivity index is 1.93. The van der Waals surface area contributed by atoms with Gasteiger partial charge in [-0.15, -0.1) is 0 Å². The van der Waals surface area contributed by atoms with Crippen molar-refractivity contribution in [2.24, 2.45) is 0 Å². The smallest absolute Gasteiger partial charge is 0.253 e. The Morgan fingerprint density at radius 3 is 2.74 bits per heavy atom. The lowest BCUT2D eigenvalue weighted by atomic mass is 9.96. The molecule has 2 rings (SSSR count). The average molecular weight is 264 g/mol. The summed E-state index contributed by atoms with van der Waals surface area (Å²) in [5, 5.41) is 2.77. The molecule has 1 amide bonds. The summed E-state index contributed by atoms with van der Waals surface area (Å²) in [6.07, 6.45) is 3.04. The van der Waals surface area contributed by atoms with Gasteiger partial charge in [0.05, 0.1) is 24.6 Å². The quantitative estimate of drug-likeness (QED) is 0.799. The number of hydrogen-bond donors (Lipinski definition) is 2. The molecule has 1 unspecified atom stereocenters. The molecule has 0 bridgehead atoms. The summed E-state index contributed by atoms with van der Waals surface area (Å²) in [6.45, 7) is 1.76. The van der Waals surface area contributed by atoms with E-state index in [9.17, 15) is 4.79 Å². The summed E-state index contributed by atoms with van der Waals surface area (Å²) in [4.78, 5) is 12.0. The molecule has 19 heavy (non-hydrogen) atoms. The number of ether oxygens (including phenoxy) is 2. The Bertz CT molecular complexity index is 458. The van der Waals surface area contributed by atoms with Gasteiger partial charge >= 0.3 is 0 Å². The lowest BCUT2D eigenvalue weighted by molar-refractivity contribution is -0.133. The standard InChI is InChI=1S/C14H20N2O3/c1-9(19-10-4-3-5-10)14(17)16-13-7-6-11(18-2)8-12(13)15/h6-10H,3-5,15H2,1-2H3,(H,16,17). The molecule has 0 heterocycles. The van der Waals surface area contributed by atoms with E-state index in [1.807, 2.05) is 0 Å². The van der Waals surface area contributed by atoms with E-state index in [-0.39, 0.29) is 12.0 Å². The molecular weight excluding hydrogens is 244 g/mol. The molecular formula is C14H20N2O3. The molecule has 1 aliphatic carbocycles. The highest BCUT2D eigenvalue weighted by Gasteiger charge is 2.24. The van der Waals surface area contributed by atoms with E-state index >= 15 is 0 Å².